The van der Waals surface area contributed by atoms with E-state index in [-0.39, 0.29) is 5.41 Å². The van der Waals surface area contributed by atoms with Crippen LogP contribution in [0.25, 0.3) is 0 Å². The molecule has 0 saturated heterocycles. The van der Waals surface area contributed by atoms with Crippen molar-refractivity contribution in [1.29, 1.82) is 0 Å². The molecule has 0 amide bonds. The summed E-state index contributed by atoms with van der Waals surface area (Å²) in [6.07, 6.45) is 1.50. The average Bonchev–Trinajstić information content (AvgIpc) is 2.69. The zero-order valence-corrected chi connectivity index (χ0v) is 13.2. The first-order chi connectivity index (χ1) is 7.96. The molecule has 3 atom stereocenters. The number of ether oxygens (including phenoxy) is 1. The van der Waals surface area contributed by atoms with Crippen molar-refractivity contribution in [1.82, 2.24) is 5.32 Å². The Kier molecular flexibility index (Phi) is 3.98. The highest BCUT2D eigenvalue weighted by Crippen LogP contribution is 2.43. The maximum absolute atomic E-state index is 5.48. The standard InChI is InChI=1S/C13H20BrNOS/c1-8(12-9(14)5-6-17-12)15-10-7-11(16-4)13(10,2)3/h5-6,8,10-11,15H,7H2,1-4H3. The van der Waals surface area contributed by atoms with Gasteiger partial charge in [-0.3, -0.25) is 0 Å². The number of halogens is 1. The van der Waals surface area contributed by atoms with Gasteiger partial charge in [0.1, 0.15) is 0 Å². The fourth-order valence-corrected chi connectivity index (χ4v) is 4.29. The fraction of sp³-hybridized carbons (Fsp3) is 0.692. The Hall–Kier alpha value is 0.100. The van der Waals surface area contributed by atoms with E-state index in [1.54, 1.807) is 11.3 Å². The van der Waals surface area contributed by atoms with Crippen molar-refractivity contribution in [2.24, 2.45) is 5.41 Å². The summed E-state index contributed by atoms with van der Waals surface area (Å²) in [7, 11) is 1.81. The molecule has 1 N–H and O–H groups in total. The summed E-state index contributed by atoms with van der Waals surface area (Å²) in [5, 5.41) is 5.84. The first-order valence-electron chi connectivity index (χ1n) is 5.98. The SMILES string of the molecule is COC1CC(NC(C)c2sccc2Br)C1(C)C. The molecule has 4 heteroatoms. The molecule has 1 heterocycles. The van der Waals surface area contributed by atoms with E-state index in [1.807, 2.05) is 7.11 Å². The van der Waals surface area contributed by atoms with Crippen LogP contribution in [0.5, 0.6) is 0 Å². The Labute approximate surface area is 116 Å². The first-order valence-corrected chi connectivity index (χ1v) is 7.65. The molecule has 1 aromatic heterocycles. The maximum atomic E-state index is 5.48. The second-order valence-electron chi connectivity index (χ2n) is 5.36. The van der Waals surface area contributed by atoms with Crippen molar-refractivity contribution in [2.75, 3.05) is 7.11 Å². The highest BCUT2D eigenvalue weighted by atomic mass is 79.9. The number of hydrogen-bond donors (Lipinski definition) is 1. The molecule has 1 aliphatic carbocycles. The molecule has 1 saturated carbocycles. The second-order valence-corrected chi connectivity index (χ2v) is 7.16. The lowest BCUT2D eigenvalue weighted by atomic mass is 9.64. The van der Waals surface area contributed by atoms with E-state index >= 15 is 0 Å². The highest BCUT2D eigenvalue weighted by Gasteiger charge is 2.48. The van der Waals surface area contributed by atoms with Crippen molar-refractivity contribution < 1.29 is 4.74 Å². The number of nitrogens with one attached hydrogen (secondary N) is 1. The summed E-state index contributed by atoms with van der Waals surface area (Å²) in [5.74, 6) is 0. The van der Waals surface area contributed by atoms with E-state index in [2.05, 4.69) is 53.5 Å². The molecule has 0 aliphatic heterocycles. The Morgan fingerprint density at radius 2 is 2.29 bits per heavy atom. The number of rotatable bonds is 4. The van der Waals surface area contributed by atoms with Crippen molar-refractivity contribution in [3.05, 3.63) is 20.8 Å². The summed E-state index contributed by atoms with van der Waals surface area (Å²) in [6.45, 7) is 6.78. The average molecular weight is 318 g/mol. The molecule has 2 rings (SSSR count). The number of thiophene rings is 1. The Morgan fingerprint density at radius 3 is 2.76 bits per heavy atom. The molecule has 0 aromatic carbocycles. The number of hydrogen-bond acceptors (Lipinski definition) is 3. The van der Waals surface area contributed by atoms with Crippen molar-refractivity contribution in [3.63, 3.8) is 0 Å². The van der Waals surface area contributed by atoms with Crippen molar-refractivity contribution in [3.8, 4) is 0 Å². The largest absolute Gasteiger partial charge is 0.381 e. The summed E-state index contributed by atoms with van der Waals surface area (Å²) in [4.78, 5) is 1.38. The van der Waals surface area contributed by atoms with Crippen molar-refractivity contribution >= 4 is 27.3 Å². The van der Waals surface area contributed by atoms with Crippen LogP contribution in [0, 0.1) is 5.41 Å². The van der Waals surface area contributed by atoms with Gasteiger partial charge in [-0.25, -0.2) is 0 Å². The van der Waals surface area contributed by atoms with Crippen LogP contribution in [-0.4, -0.2) is 19.3 Å². The van der Waals surface area contributed by atoms with Crippen LogP contribution < -0.4 is 5.32 Å². The van der Waals surface area contributed by atoms with Gasteiger partial charge in [0, 0.05) is 34.0 Å². The minimum Gasteiger partial charge on any atom is -0.381 e. The molecule has 1 aromatic rings. The zero-order chi connectivity index (χ0) is 12.6. The van der Waals surface area contributed by atoms with Crippen LogP contribution in [0.1, 0.15) is 38.1 Å². The minimum atomic E-state index is 0.229. The van der Waals surface area contributed by atoms with Crippen molar-refractivity contribution in [2.45, 2.75) is 45.4 Å². The van der Waals surface area contributed by atoms with E-state index < -0.39 is 0 Å². The van der Waals surface area contributed by atoms with E-state index in [4.69, 9.17) is 4.74 Å². The number of methoxy groups -OCH3 is 1. The van der Waals surface area contributed by atoms with E-state index in [1.165, 1.54) is 9.35 Å². The highest BCUT2D eigenvalue weighted by molar-refractivity contribution is 9.10. The van der Waals surface area contributed by atoms with E-state index in [9.17, 15) is 0 Å². The third kappa shape index (κ3) is 2.46. The third-order valence-electron chi connectivity index (χ3n) is 3.95. The van der Waals surface area contributed by atoms with E-state index in [0.717, 1.165) is 6.42 Å². The molecule has 17 heavy (non-hydrogen) atoms. The fourth-order valence-electron chi connectivity index (χ4n) is 2.56. The van der Waals surface area contributed by atoms with Gasteiger partial charge in [-0.2, -0.15) is 0 Å². The van der Waals surface area contributed by atoms with Gasteiger partial charge in [-0.1, -0.05) is 13.8 Å². The van der Waals surface area contributed by atoms with Gasteiger partial charge < -0.3 is 10.1 Å². The quantitative estimate of drug-likeness (QED) is 0.907. The molecular weight excluding hydrogens is 298 g/mol. The smallest absolute Gasteiger partial charge is 0.0652 e. The summed E-state index contributed by atoms with van der Waals surface area (Å²) in [6, 6.07) is 3.05. The maximum Gasteiger partial charge on any atom is 0.0652 e. The van der Waals surface area contributed by atoms with Gasteiger partial charge in [0.25, 0.3) is 0 Å². The lowest BCUT2D eigenvalue weighted by Crippen LogP contribution is -2.60. The van der Waals surface area contributed by atoms with Crippen LogP contribution in [0.15, 0.2) is 15.9 Å². The van der Waals surface area contributed by atoms with Gasteiger partial charge in [0.15, 0.2) is 0 Å². The molecule has 1 aliphatic rings. The monoisotopic (exact) mass is 317 g/mol. The third-order valence-corrected chi connectivity index (χ3v) is 6.00. The molecular formula is C13H20BrNOS. The molecule has 1 fully saturated rings. The lowest BCUT2D eigenvalue weighted by Gasteiger charge is -2.52. The Bertz CT molecular complexity index is 391. The first kappa shape index (κ1) is 13.5. The van der Waals surface area contributed by atoms with E-state index in [0.29, 0.717) is 18.2 Å². The van der Waals surface area contributed by atoms with Gasteiger partial charge in [0.05, 0.1) is 6.10 Å². The van der Waals surface area contributed by atoms with Crippen LogP contribution in [0.3, 0.4) is 0 Å². The predicted molar refractivity (Wildman–Crippen MR) is 76.6 cm³/mol. The normalized spacial score (nSPS) is 28.8. The summed E-state index contributed by atoms with van der Waals surface area (Å²) >= 11 is 5.40. The van der Waals surface area contributed by atoms with Gasteiger partial charge in [0.2, 0.25) is 0 Å². The molecule has 0 spiro atoms. The zero-order valence-electron chi connectivity index (χ0n) is 10.8. The Balaban J connectivity index is 1.97. The van der Waals surface area contributed by atoms with Crippen LogP contribution in [0.4, 0.5) is 0 Å². The summed E-state index contributed by atoms with van der Waals surface area (Å²) in [5.41, 5.74) is 0.229. The predicted octanol–water partition coefficient (Wildman–Crippen LogP) is 3.97. The summed E-state index contributed by atoms with van der Waals surface area (Å²) < 4.78 is 6.69. The minimum absolute atomic E-state index is 0.229. The Morgan fingerprint density at radius 1 is 1.59 bits per heavy atom. The molecule has 0 bridgehead atoms. The molecule has 3 unspecified atom stereocenters. The lowest BCUT2D eigenvalue weighted by molar-refractivity contribution is -0.0998. The van der Waals surface area contributed by atoms with Gasteiger partial charge in [-0.15, -0.1) is 11.3 Å². The molecule has 2 nitrogen and oxygen atoms in total. The van der Waals surface area contributed by atoms with Gasteiger partial charge in [-0.05, 0) is 40.7 Å². The van der Waals surface area contributed by atoms with Crippen LogP contribution in [-0.2, 0) is 4.74 Å². The molecule has 96 valence electrons. The van der Waals surface area contributed by atoms with Crippen LogP contribution in [0.2, 0.25) is 0 Å². The van der Waals surface area contributed by atoms with Crippen LogP contribution >= 0.6 is 27.3 Å². The van der Waals surface area contributed by atoms with Gasteiger partial charge >= 0.3 is 0 Å². The topological polar surface area (TPSA) is 21.3 Å². The second kappa shape index (κ2) is 5.00. The molecule has 0 radical (unpaired) electrons.